The fraction of sp³-hybridized carbons (Fsp3) is 0.579. The number of halogens is 2. The number of aryl methyl sites for hydroxylation is 1. The van der Waals surface area contributed by atoms with Crippen molar-refractivity contribution in [1.82, 2.24) is 19.9 Å². The second kappa shape index (κ2) is 11.9. The second-order valence-electron chi connectivity index (χ2n) is 7.00. The number of hydrogen-bond acceptors (Lipinski definition) is 5. The highest BCUT2D eigenvalue weighted by Crippen LogP contribution is 2.20. The van der Waals surface area contributed by atoms with E-state index >= 15 is 0 Å². The summed E-state index contributed by atoms with van der Waals surface area (Å²) in [5.41, 5.74) is 5.76. The van der Waals surface area contributed by atoms with Crippen LogP contribution in [0.15, 0.2) is 15.7 Å². The molecule has 0 aromatic carbocycles. The Balaban J connectivity index is 0.00000392. The molecule has 2 aromatic heterocycles. The van der Waals surface area contributed by atoms with Crippen molar-refractivity contribution in [3.8, 4) is 0 Å². The van der Waals surface area contributed by atoms with Crippen molar-refractivity contribution in [2.24, 2.45) is 5.73 Å². The molecule has 0 saturated carbocycles. The minimum Gasteiger partial charge on any atom is -0.348 e. The first-order chi connectivity index (χ1) is 12.8. The number of fused-ring (bicyclic) bond motifs is 1. The summed E-state index contributed by atoms with van der Waals surface area (Å²) < 4.78 is 1.37. The Labute approximate surface area is 182 Å². The number of aromatic nitrogens is 3. The number of hydrogen-bond donors (Lipinski definition) is 3. The highest BCUT2D eigenvalue weighted by atomic mass is 35.5. The van der Waals surface area contributed by atoms with Crippen molar-refractivity contribution >= 4 is 41.8 Å². The maximum Gasteiger partial charge on any atom is 0.329 e. The van der Waals surface area contributed by atoms with E-state index in [0.717, 1.165) is 19.3 Å². The predicted molar refractivity (Wildman–Crippen MR) is 121 cm³/mol. The highest BCUT2D eigenvalue weighted by Gasteiger charge is 2.21. The van der Waals surface area contributed by atoms with Crippen molar-refractivity contribution in [1.29, 1.82) is 0 Å². The highest BCUT2D eigenvalue weighted by molar-refractivity contribution is 6.05. The van der Waals surface area contributed by atoms with Crippen LogP contribution in [0.25, 0.3) is 11.0 Å². The maximum atomic E-state index is 13.0. The van der Waals surface area contributed by atoms with Crippen molar-refractivity contribution in [3.05, 3.63) is 38.2 Å². The number of aromatic amines is 1. The van der Waals surface area contributed by atoms with E-state index in [0.29, 0.717) is 18.8 Å². The number of H-pyrrole nitrogens is 1. The van der Waals surface area contributed by atoms with Gasteiger partial charge in [0.1, 0.15) is 0 Å². The van der Waals surface area contributed by atoms with E-state index in [1.807, 2.05) is 13.8 Å². The molecule has 0 saturated heterocycles. The van der Waals surface area contributed by atoms with Gasteiger partial charge in [-0.05, 0) is 25.3 Å². The Kier molecular flexibility index (Phi) is 11.2. The molecule has 1 unspecified atom stereocenters. The summed E-state index contributed by atoms with van der Waals surface area (Å²) in [6, 6.07) is 1.47. The van der Waals surface area contributed by atoms with E-state index in [1.165, 1.54) is 4.57 Å². The Morgan fingerprint density at radius 3 is 2.45 bits per heavy atom. The van der Waals surface area contributed by atoms with Gasteiger partial charge in [-0.3, -0.25) is 19.1 Å². The minimum absolute atomic E-state index is 0. The van der Waals surface area contributed by atoms with Crippen LogP contribution < -0.4 is 22.3 Å². The number of nitrogens with zero attached hydrogens (tertiary/aromatic N) is 2. The number of nitrogens with two attached hydrogens (primary N) is 1. The van der Waals surface area contributed by atoms with Crippen LogP contribution in [0.4, 0.5) is 0 Å². The number of carbonyl (C=O) groups excluding carboxylic acids is 1. The molecule has 0 aliphatic rings. The molecular weight excluding hydrogens is 417 g/mol. The van der Waals surface area contributed by atoms with Gasteiger partial charge in [-0.15, -0.1) is 24.8 Å². The zero-order valence-electron chi connectivity index (χ0n) is 17.3. The third kappa shape index (κ3) is 6.04. The topological polar surface area (TPSA) is 123 Å². The Morgan fingerprint density at radius 2 is 1.93 bits per heavy atom. The van der Waals surface area contributed by atoms with Crippen molar-refractivity contribution in [2.45, 2.75) is 65.5 Å². The van der Waals surface area contributed by atoms with Gasteiger partial charge in [0, 0.05) is 24.8 Å². The smallest absolute Gasteiger partial charge is 0.329 e. The fourth-order valence-electron chi connectivity index (χ4n) is 3.02. The van der Waals surface area contributed by atoms with E-state index in [4.69, 9.17) is 5.73 Å². The first-order valence-corrected chi connectivity index (χ1v) is 9.52. The monoisotopic (exact) mass is 447 g/mol. The third-order valence-electron chi connectivity index (χ3n) is 4.65. The van der Waals surface area contributed by atoms with Gasteiger partial charge in [0.05, 0.1) is 10.9 Å². The Bertz CT molecular complexity index is 940. The van der Waals surface area contributed by atoms with Crippen molar-refractivity contribution in [2.75, 3.05) is 6.54 Å². The number of carbonyl (C=O) groups is 1. The number of unbranched alkanes of at least 4 members (excludes halogenated alkanes) is 1. The molecule has 1 amide bonds. The number of nitrogens with one attached hydrogen (secondary N) is 2. The lowest BCUT2D eigenvalue weighted by atomic mass is 10.0. The van der Waals surface area contributed by atoms with E-state index in [-0.39, 0.29) is 59.3 Å². The Hall–Kier alpha value is -1.90. The zero-order valence-corrected chi connectivity index (χ0v) is 18.9. The maximum absolute atomic E-state index is 13.0. The van der Waals surface area contributed by atoms with Gasteiger partial charge in [0.15, 0.2) is 5.65 Å². The lowest BCUT2D eigenvalue weighted by molar-refractivity contribution is 0.0937. The number of rotatable bonds is 8. The second-order valence-corrected chi connectivity index (χ2v) is 7.00. The van der Waals surface area contributed by atoms with Crippen LogP contribution in [0, 0.1) is 0 Å². The average molecular weight is 448 g/mol. The lowest BCUT2D eigenvalue weighted by Gasteiger charge is -2.18. The summed E-state index contributed by atoms with van der Waals surface area (Å²) >= 11 is 0. The van der Waals surface area contributed by atoms with Crippen molar-refractivity contribution in [3.63, 3.8) is 0 Å². The quantitative estimate of drug-likeness (QED) is 0.572. The Morgan fingerprint density at radius 1 is 1.28 bits per heavy atom. The van der Waals surface area contributed by atoms with E-state index in [2.05, 4.69) is 22.2 Å². The van der Waals surface area contributed by atoms with Crippen molar-refractivity contribution < 1.29 is 4.79 Å². The van der Waals surface area contributed by atoms with Crippen LogP contribution in [0.5, 0.6) is 0 Å². The fourth-order valence-corrected chi connectivity index (χ4v) is 3.02. The molecule has 8 nitrogen and oxygen atoms in total. The molecule has 2 rings (SSSR count). The number of pyridine rings is 1. The summed E-state index contributed by atoms with van der Waals surface area (Å²) in [6.45, 7) is 8.41. The third-order valence-corrected chi connectivity index (χ3v) is 4.65. The summed E-state index contributed by atoms with van der Waals surface area (Å²) in [6.07, 6.45) is 2.73. The normalized spacial score (nSPS) is 11.7. The van der Waals surface area contributed by atoms with Crippen LogP contribution >= 0.6 is 24.8 Å². The van der Waals surface area contributed by atoms with Crippen LogP contribution in [0.1, 0.15) is 68.9 Å². The molecular formula is C19H31Cl2N5O3. The van der Waals surface area contributed by atoms with E-state index < -0.39 is 11.2 Å². The molecule has 2 heterocycles. The summed E-state index contributed by atoms with van der Waals surface area (Å²) in [5.74, 6) is -0.339. The number of amides is 1. The van der Waals surface area contributed by atoms with Gasteiger partial charge in [-0.25, -0.2) is 9.78 Å². The summed E-state index contributed by atoms with van der Waals surface area (Å²) in [5, 5.41) is 3.05. The van der Waals surface area contributed by atoms with Crippen LogP contribution in [-0.2, 0) is 6.54 Å². The molecule has 0 fully saturated rings. The first-order valence-electron chi connectivity index (χ1n) is 9.52. The van der Waals surface area contributed by atoms with Crippen LogP contribution in [0.3, 0.4) is 0 Å². The molecule has 0 radical (unpaired) electrons. The van der Waals surface area contributed by atoms with E-state index in [1.54, 1.807) is 13.0 Å². The minimum atomic E-state index is -0.606. The molecule has 164 valence electrons. The van der Waals surface area contributed by atoms with Gasteiger partial charge in [-0.2, -0.15) is 0 Å². The lowest BCUT2D eigenvalue weighted by Crippen LogP contribution is -2.41. The molecule has 0 aliphatic heterocycles. The largest absolute Gasteiger partial charge is 0.348 e. The summed E-state index contributed by atoms with van der Waals surface area (Å²) in [7, 11) is 0. The van der Waals surface area contributed by atoms with Gasteiger partial charge < -0.3 is 11.1 Å². The SMILES string of the molecule is CCCCC(CN)NC(=O)c1cc(C(C)C)nc2c1c(=O)[nH]c(=O)n2CC.Cl.Cl. The molecule has 0 aliphatic carbocycles. The van der Waals surface area contributed by atoms with Crippen LogP contribution in [-0.4, -0.2) is 33.0 Å². The predicted octanol–water partition coefficient (Wildman–Crippen LogP) is 2.32. The summed E-state index contributed by atoms with van der Waals surface area (Å²) in [4.78, 5) is 44.4. The molecule has 0 bridgehead atoms. The van der Waals surface area contributed by atoms with Crippen LogP contribution in [0.2, 0.25) is 0 Å². The zero-order chi connectivity index (χ0) is 20.1. The first kappa shape index (κ1) is 27.1. The molecule has 4 N–H and O–H groups in total. The van der Waals surface area contributed by atoms with E-state index in [9.17, 15) is 14.4 Å². The molecule has 1 atom stereocenters. The standard InChI is InChI=1S/C19H29N5O3.2ClH/c1-5-7-8-12(10-20)21-17(25)13-9-14(11(3)4)22-16-15(13)18(26)23-19(27)24(16)6-2;;/h9,11-12H,5-8,10,20H2,1-4H3,(H,21,25)(H,23,26,27);2*1H. The van der Waals surface area contributed by atoms with Gasteiger partial charge in [-0.1, -0.05) is 33.6 Å². The molecule has 0 spiro atoms. The van der Waals surface area contributed by atoms with Gasteiger partial charge in [0.25, 0.3) is 11.5 Å². The molecule has 10 heteroatoms. The molecule has 29 heavy (non-hydrogen) atoms. The van der Waals surface area contributed by atoms with Gasteiger partial charge in [0.2, 0.25) is 0 Å². The average Bonchev–Trinajstić information content (AvgIpc) is 2.64. The molecule has 2 aromatic rings. The van der Waals surface area contributed by atoms with Gasteiger partial charge >= 0.3 is 5.69 Å².